The fraction of sp³-hybridized carbons (Fsp3) is 0.647. The summed E-state index contributed by atoms with van der Waals surface area (Å²) in [5.41, 5.74) is 3.09. The molecule has 19 heavy (non-hydrogen) atoms. The predicted octanol–water partition coefficient (Wildman–Crippen LogP) is 3.49. The van der Waals surface area contributed by atoms with Crippen LogP contribution in [-0.4, -0.2) is 24.0 Å². The first-order valence-electron chi connectivity index (χ1n) is 7.94. The van der Waals surface area contributed by atoms with Crippen molar-refractivity contribution in [3.63, 3.8) is 0 Å². The molecular weight excluding hydrogens is 232 g/mol. The van der Waals surface area contributed by atoms with Crippen molar-refractivity contribution in [3.05, 3.63) is 35.4 Å². The van der Waals surface area contributed by atoms with E-state index < -0.39 is 0 Å². The average Bonchev–Trinajstić information content (AvgIpc) is 3.26. The van der Waals surface area contributed by atoms with Crippen molar-refractivity contribution in [2.24, 2.45) is 0 Å². The van der Waals surface area contributed by atoms with Crippen LogP contribution < -0.4 is 5.32 Å². The summed E-state index contributed by atoms with van der Waals surface area (Å²) in [6, 6.07) is 10.5. The van der Waals surface area contributed by atoms with Gasteiger partial charge in [-0.05, 0) is 49.9 Å². The summed E-state index contributed by atoms with van der Waals surface area (Å²) in [5, 5.41) is 3.58. The third kappa shape index (κ3) is 3.01. The number of hydrogen-bond acceptors (Lipinski definition) is 2. The minimum atomic E-state index is 0.644. The minimum Gasteiger partial charge on any atom is -0.313 e. The fourth-order valence-electron chi connectivity index (χ4n) is 3.32. The van der Waals surface area contributed by atoms with Gasteiger partial charge in [0.1, 0.15) is 0 Å². The van der Waals surface area contributed by atoms with Crippen molar-refractivity contribution in [1.82, 2.24) is 10.2 Å². The highest BCUT2D eigenvalue weighted by Gasteiger charge is 2.35. The molecule has 2 nitrogen and oxygen atoms in total. The van der Waals surface area contributed by atoms with Gasteiger partial charge in [0.05, 0.1) is 0 Å². The molecule has 0 spiro atoms. The fourth-order valence-corrected chi connectivity index (χ4v) is 3.32. The Labute approximate surface area is 117 Å². The minimum absolute atomic E-state index is 0.644. The quantitative estimate of drug-likeness (QED) is 0.870. The van der Waals surface area contributed by atoms with Crippen LogP contribution in [0.4, 0.5) is 0 Å². The van der Waals surface area contributed by atoms with Crippen molar-refractivity contribution < 1.29 is 0 Å². The molecule has 1 atom stereocenters. The molecule has 1 unspecified atom stereocenters. The molecule has 0 bridgehead atoms. The number of fused-ring (bicyclic) bond motifs is 1. The molecule has 104 valence electrons. The van der Waals surface area contributed by atoms with E-state index >= 15 is 0 Å². The van der Waals surface area contributed by atoms with Gasteiger partial charge >= 0.3 is 0 Å². The molecule has 1 aromatic rings. The van der Waals surface area contributed by atoms with Crippen LogP contribution in [0.15, 0.2) is 24.3 Å². The van der Waals surface area contributed by atoms with Crippen LogP contribution in [0.25, 0.3) is 0 Å². The second-order valence-corrected chi connectivity index (χ2v) is 6.00. The standard InChI is InChI=1S/C17H26N2/c1-2-3-12-19(15-8-9-15)17-10-11-18-13-14-6-4-5-7-16(14)17/h4-7,15,17-18H,2-3,8-13H2,1H3. The molecule has 1 fully saturated rings. The van der Waals surface area contributed by atoms with Crippen molar-refractivity contribution in [2.45, 2.75) is 57.7 Å². The van der Waals surface area contributed by atoms with Crippen LogP contribution in [0.3, 0.4) is 0 Å². The van der Waals surface area contributed by atoms with Crippen LogP contribution in [-0.2, 0) is 6.54 Å². The highest BCUT2D eigenvalue weighted by atomic mass is 15.2. The maximum Gasteiger partial charge on any atom is 0.0366 e. The second kappa shape index (κ2) is 6.06. The summed E-state index contributed by atoms with van der Waals surface area (Å²) in [6.07, 6.45) is 6.72. The number of hydrogen-bond donors (Lipinski definition) is 1. The highest BCUT2D eigenvalue weighted by Crippen LogP contribution is 2.38. The Bertz CT molecular complexity index is 411. The molecule has 1 aromatic carbocycles. The Kier molecular flexibility index (Phi) is 4.19. The molecule has 1 aliphatic carbocycles. The van der Waals surface area contributed by atoms with E-state index in [9.17, 15) is 0 Å². The molecule has 2 aliphatic rings. The first kappa shape index (κ1) is 13.1. The third-order valence-electron chi connectivity index (χ3n) is 4.51. The number of benzene rings is 1. The lowest BCUT2D eigenvalue weighted by Crippen LogP contribution is -2.32. The normalized spacial score (nSPS) is 23.2. The van der Waals surface area contributed by atoms with Gasteiger partial charge in [-0.1, -0.05) is 37.6 Å². The van der Waals surface area contributed by atoms with E-state index in [1.807, 2.05) is 0 Å². The van der Waals surface area contributed by atoms with Gasteiger partial charge in [0, 0.05) is 18.6 Å². The van der Waals surface area contributed by atoms with E-state index in [4.69, 9.17) is 0 Å². The van der Waals surface area contributed by atoms with Crippen molar-refractivity contribution in [1.29, 1.82) is 0 Å². The zero-order valence-corrected chi connectivity index (χ0v) is 12.1. The SMILES string of the molecule is CCCCN(C1CC1)C1CCNCc2ccccc21. The molecule has 3 rings (SSSR count). The molecule has 1 N–H and O–H groups in total. The van der Waals surface area contributed by atoms with Gasteiger partial charge in [0.25, 0.3) is 0 Å². The van der Waals surface area contributed by atoms with Gasteiger partial charge in [-0.3, -0.25) is 4.90 Å². The molecule has 1 saturated carbocycles. The van der Waals surface area contributed by atoms with E-state index in [0.717, 1.165) is 19.1 Å². The van der Waals surface area contributed by atoms with E-state index in [-0.39, 0.29) is 0 Å². The topological polar surface area (TPSA) is 15.3 Å². The maximum atomic E-state index is 3.58. The van der Waals surface area contributed by atoms with E-state index in [2.05, 4.69) is 41.4 Å². The highest BCUT2D eigenvalue weighted by molar-refractivity contribution is 5.31. The van der Waals surface area contributed by atoms with Crippen molar-refractivity contribution in [3.8, 4) is 0 Å². The van der Waals surface area contributed by atoms with Crippen molar-refractivity contribution >= 4 is 0 Å². The lowest BCUT2D eigenvalue weighted by atomic mass is 9.97. The summed E-state index contributed by atoms with van der Waals surface area (Å²) in [5.74, 6) is 0. The summed E-state index contributed by atoms with van der Waals surface area (Å²) in [7, 11) is 0. The van der Waals surface area contributed by atoms with E-state index in [1.165, 1.54) is 44.2 Å². The van der Waals surface area contributed by atoms with E-state index in [1.54, 1.807) is 5.56 Å². The molecule has 0 aromatic heterocycles. The second-order valence-electron chi connectivity index (χ2n) is 6.00. The first-order valence-corrected chi connectivity index (χ1v) is 7.94. The molecule has 0 saturated heterocycles. The molecule has 0 radical (unpaired) electrons. The Morgan fingerprint density at radius 2 is 2.05 bits per heavy atom. The zero-order valence-electron chi connectivity index (χ0n) is 12.1. The molecule has 2 heteroatoms. The monoisotopic (exact) mass is 258 g/mol. The predicted molar refractivity (Wildman–Crippen MR) is 80.1 cm³/mol. The van der Waals surface area contributed by atoms with Gasteiger partial charge < -0.3 is 5.32 Å². The van der Waals surface area contributed by atoms with Crippen LogP contribution in [0.5, 0.6) is 0 Å². The Balaban J connectivity index is 1.84. The molecule has 0 amide bonds. The van der Waals surface area contributed by atoms with Crippen LogP contribution in [0.1, 0.15) is 56.2 Å². The molecule has 1 heterocycles. The first-order chi connectivity index (χ1) is 9.40. The van der Waals surface area contributed by atoms with Gasteiger partial charge in [-0.2, -0.15) is 0 Å². The number of nitrogens with one attached hydrogen (secondary N) is 1. The van der Waals surface area contributed by atoms with E-state index in [0.29, 0.717) is 6.04 Å². The lowest BCUT2D eigenvalue weighted by molar-refractivity contribution is 0.176. The Morgan fingerprint density at radius 3 is 2.84 bits per heavy atom. The Hall–Kier alpha value is -0.860. The molecule has 1 aliphatic heterocycles. The van der Waals surface area contributed by atoms with Gasteiger partial charge in [0.15, 0.2) is 0 Å². The van der Waals surface area contributed by atoms with Gasteiger partial charge in [-0.25, -0.2) is 0 Å². The summed E-state index contributed by atoms with van der Waals surface area (Å²) < 4.78 is 0. The van der Waals surface area contributed by atoms with Gasteiger partial charge in [-0.15, -0.1) is 0 Å². The smallest absolute Gasteiger partial charge is 0.0366 e. The maximum absolute atomic E-state index is 3.58. The van der Waals surface area contributed by atoms with Crippen LogP contribution >= 0.6 is 0 Å². The van der Waals surface area contributed by atoms with Crippen LogP contribution in [0.2, 0.25) is 0 Å². The van der Waals surface area contributed by atoms with Crippen molar-refractivity contribution in [2.75, 3.05) is 13.1 Å². The summed E-state index contributed by atoms with van der Waals surface area (Å²) in [4.78, 5) is 2.80. The van der Waals surface area contributed by atoms with Gasteiger partial charge in [0.2, 0.25) is 0 Å². The number of nitrogens with zero attached hydrogens (tertiary/aromatic N) is 1. The zero-order chi connectivity index (χ0) is 13.1. The van der Waals surface area contributed by atoms with Crippen LogP contribution in [0, 0.1) is 0 Å². The largest absolute Gasteiger partial charge is 0.313 e. The average molecular weight is 258 g/mol. The summed E-state index contributed by atoms with van der Waals surface area (Å²) in [6.45, 7) is 5.77. The summed E-state index contributed by atoms with van der Waals surface area (Å²) >= 11 is 0. The lowest BCUT2D eigenvalue weighted by Gasteiger charge is -2.32. The Morgan fingerprint density at radius 1 is 1.21 bits per heavy atom. The molecular formula is C17H26N2. The number of rotatable bonds is 5. The third-order valence-corrected chi connectivity index (χ3v) is 4.51. The number of unbranched alkanes of at least 4 members (excludes halogenated alkanes) is 1.